The van der Waals surface area contributed by atoms with Gasteiger partial charge in [-0.3, -0.25) is 0 Å². The maximum absolute atomic E-state index is 8.86. The van der Waals surface area contributed by atoms with Crippen LogP contribution in [0, 0.1) is 18.3 Å². The van der Waals surface area contributed by atoms with Crippen LogP contribution in [0.4, 0.5) is 0 Å². The molecule has 0 radical (unpaired) electrons. The highest BCUT2D eigenvalue weighted by Crippen LogP contribution is 2.30. The molecule has 2 nitrogen and oxygen atoms in total. The minimum absolute atomic E-state index is 0.762. The van der Waals surface area contributed by atoms with Crippen LogP contribution in [0.5, 0.6) is 0 Å². The van der Waals surface area contributed by atoms with Gasteiger partial charge in [-0.25, -0.2) is 0 Å². The molecule has 1 aromatic heterocycles. The predicted molar refractivity (Wildman–Crippen MR) is 72.0 cm³/mol. The standard InChI is InChI=1S/C14H14N2S/c1-10-3-4-11(9-16-2)7-13(10)14-6-5-12(8-15)17-14/h3-7,16H,9H2,1-2H3. The highest BCUT2D eigenvalue weighted by molar-refractivity contribution is 7.16. The average Bonchev–Trinajstić information content (AvgIpc) is 2.80. The van der Waals surface area contributed by atoms with Crippen LogP contribution in [-0.4, -0.2) is 7.05 Å². The smallest absolute Gasteiger partial charge is 0.110 e. The van der Waals surface area contributed by atoms with Crippen LogP contribution in [-0.2, 0) is 6.54 Å². The molecule has 17 heavy (non-hydrogen) atoms. The lowest BCUT2D eigenvalue weighted by Crippen LogP contribution is -2.05. The Bertz CT molecular complexity index is 564. The van der Waals surface area contributed by atoms with Crippen molar-refractivity contribution in [2.45, 2.75) is 13.5 Å². The quantitative estimate of drug-likeness (QED) is 0.896. The van der Waals surface area contributed by atoms with Crippen molar-refractivity contribution in [3.05, 3.63) is 46.3 Å². The molecule has 0 atom stereocenters. The third-order valence-electron chi connectivity index (χ3n) is 2.66. The molecule has 2 aromatic rings. The summed E-state index contributed by atoms with van der Waals surface area (Å²) in [5, 5.41) is 12.0. The van der Waals surface area contributed by atoms with Crippen molar-refractivity contribution in [2.24, 2.45) is 0 Å². The van der Waals surface area contributed by atoms with Crippen LogP contribution in [0.15, 0.2) is 30.3 Å². The van der Waals surface area contributed by atoms with E-state index in [1.165, 1.54) is 16.7 Å². The predicted octanol–water partition coefficient (Wildman–Crippen LogP) is 3.31. The van der Waals surface area contributed by atoms with Gasteiger partial charge in [-0.1, -0.05) is 12.1 Å². The fourth-order valence-electron chi connectivity index (χ4n) is 1.79. The number of hydrogen-bond acceptors (Lipinski definition) is 3. The molecule has 0 bridgehead atoms. The Morgan fingerprint density at radius 3 is 2.76 bits per heavy atom. The lowest BCUT2D eigenvalue weighted by molar-refractivity contribution is 0.818. The molecule has 3 heteroatoms. The molecular formula is C14H14N2S. The molecule has 0 saturated carbocycles. The highest BCUT2D eigenvalue weighted by Gasteiger charge is 2.06. The molecule has 86 valence electrons. The Hall–Kier alpha value is -1.63. The monoisotopic (exact) mass is 242 g/mol. The third-order valence-corrected chi connectivity index (χ3v) is 3.69. The fraction of sp³-hybridized carbons (Fsp3) is 0.214. The summed E-state index contributed by atoms with van der Waals surface area (Å²) in [6, 6.07) is 12.5. The van der Waals surface area contributed by atoms with Crippen LogP contribution in [0.25, 0.3) is 10.4 Å². The fourth-order valence-corrected chi connectivity index (χ4v) is 2.68. The zero-order chi connectivity index (χ0) is 12.3. The maximum atomic E-state index is 8.86. The minimum Gasteiger partial charge on any atom is -0.316 e. The van der Waals surface area contributed by atoms with E-state index in [0.717, 1.165) is 16.3 Å². The summed E-state index contributed by atoms with van der Waals surface area (Å²) in [5.41, 5.74) is 3.74. The van der Waals surface area contributed by atoms with Gasteiger partial charge in [-0.2, -0.15) is 5.26 Å². The number of hydrogen-bond donors (Lipinski definition) is 1. The topological polar surface area (TPSA) is 35.8 Å². The lowest BCUT2D eigenvalue weighted by atomic mass is 10.0. The summed E-state index contributed by atoms with van der Waals surface area (Å²) in [5.74, 6) is 0. The second kappa shape index (κ2) is 5.13. The summed E-state index contributed by atoms with van der Waals surface area (Å²) in [6.07, 6.45) is 0. The lowest BCUT2D eigenvalue weighted by Gasteiger charge is -2.07. The number of nitrogens with zero attached hydrogens (tertiary/aromatic N) is 1. The Morgan fingerprint density at radius 2 is 2.12 bits per heavy atom. The molecule has 0 amide bonds. The first-order chi connectivity index (χ1) is 8.24. The molecule has 0 saturated heterocycles. The molecule has 0 spiro atoms. The SMILES string of the molecule is CNCc1ccc(C)c(-c2ccc(C#N)s2)c1. The summed E-state index contributed by atoms with van der Waals surface area (Å²) in [6.45, 7) is 2.97. The van der Waals surface area contributed by atoms with E-state index in [4.69, 9.17) is 5.26 Å². The highest BCUT2D eigenvalue weighted by atomic mass is 32.1. The first kappa shape index (κ1) is 11.8. The molecule has 0 unspecified atom stereocenters. The van der Waals surface area contributed by atoms with Gasteiger partial charge >= 0.3 is 0 Å². The molecule has 0 aliphatic carbocycles. The van der Waals surface area contributed by atoms with E-state index in [2.05, 4.69) is 36.5 Å². The maximum Gasteiger partial charge on any atom is 0.110 e. The summed E-state index contributed by atoms with van der Waals surface area (Å²) >= 11 is 1.55. The molecule has 0 aliphatic rings. The van der Waals surface area contributed by atoms with Gasteiger partial charge in [0.15, 0.2) is 0 Å². The van der Waals surface area contributed by atoms with Crippen LogP contribution >= 0.6 is 11.3 Å². The second-order valence-electron chi connectivity index (χ2n) is 3.96. The van der Waals surface area contributed by atoms with Crippen molar-refractivity contribution >= 4 is 11.3 Å². The Balaban J connectivity index is 2.43. The van der Waals surface area contributed by atoms with E-state index in [1.807, 2.05) is 19.2 Å². The first-order valence-corrected chi connectivity index (χ1v) is 6.30. The zero-order valence-electron chi connectivity index (χ0n) is 9.95. The van der Waals surface area contributed by atoms with E-state index in [-0.39, 0.29) is 0 Å². The van der Waals surface area contributed by atoms with Gasteiger partial charge in [0.05, 0.1) is 0 Å². The van der Waals surface area contributed by atoms with Crippen LogP contribution < -0.4 is 5.32 Å². The van der Waals surface area contributed by atoms with Gasteiger partial charge in [0.25, 0.3) is 0 Å². The largest absolute Gasteiger partial charge is 0.316 e. The zero-order valence-corrected chi connectivity index (χ0v) is 10.8. The van der Waals surface area contributed by atoms with Crippen LogP contribution in [0.2, 0.25) is 0 Å². The van der Waals surface area contributed by atoms with Gasteiger partial charge in [-0.15, -0.1) is 11.3 Å². The van der Waals surface area contributed by atoms with Gasteiger partial charge in [0, 0.05) is 11.4 Å². The molecule has 1 aromatic carbocycles. The summed E-state index contributed by atoms with van der Waals surface area (Å²) in [7, 11) is 1.94. The van der Waals surface area contributed by atoms with Gasteiger partial charge < -0.3 is 5.32 Å². The minimum atomic E-state index is 0.762. The van der Waals surface area contributed by atoms with Crippen molar-refractivity contribution in [3.8, 4) is 16.5 Å². The summed E-state index contributed by atoms with van der Waals surface area (Å²) in [4.78, 5) is 1.93. The number of thiophene rings is 1. The first-order valence-electron chi connectivity index (χ1n) is 5.49. The normalized spacial score (nSPS) is 10.2. The van der Waals surface area contributed by atoms with Crippen molar-refractivity contribution in [3.63, 3.8) is 0 Å². The number of nitrogens with one attached hydrogen (secondary N) is 1. The molecule has 0 fully saturated rings. The van der Waals surface area contributed by atoms with Crippen molar-refractivity contribution in [1.82, 2.24) is 5.32 Å². The van der Waals surface area contributed by atoms with Gasteiger partial charge in [0.2, 0.25) is 0 Å². The second-order valence-corrected chi connectivity index (χ2v) is 5.04. The van der Waals surface area contributed by atoms with Crippen molar-refractivity contribution in [2.75, 3.05) is 7.05 Å². The van der Waals surface area contributed by atoms with E-state index in [0.29, 0.717) is 0 Å². The average molecular weight is 242 g/mol. The van der Waals surface area contributed by atoms with Gasteiger partial charge in [0.1, 0.15) is 10.9 Å². The molecule has 1 N–H and O–H groups in total. The Kier molecular flexibility index (Phi) is 3.58. The summed E-state index contributed by atoms with van der Waals surface area (Å²) < 4.78 is 0. The molecule has 2 rings (SSSR count). The van der Waals surface area contributed by atoms with E-state index >= 15 is 0 Å². The van der Waals surface area contributed by atoms with Crippen molar-refractivity contribution in [1.29, 1.82) is 5.26 Å². The van der Waals surface area contributed by atoms with Crippen LogP contribution in [0.3, 0.4) is 0 Å². The number of benzene rings is 1. The number of rotatable bonds is 3. The van der Waals surface area contributed by atoms with Gasteiger partial charge in [-0.05, 0) is 48.9 Å². The third kappa shape index (κ3) is 2.55. The molecule has 0 aliphatic heterocycles. The van der Waals surface area contributed by atoms with Crippen molar-refractivity contribution < 1.29 is 0 Å². The Morgan fingerprint density at radius 1 is 1.29 bits per heavy atom. The van der Waals surface area contributed by atoms with E-state index in [1.54, 1.807) is 11.3 Å². The number of aryl methyl sites for hydroxylation is 1. The molecular weight excluding hydrogens is 228 g/mol. The van der Waals surface area contributed by atoms with E-state index < -0.39 is 0 Å². The Labute approximate surface area is 106 Å². The number of nitriles is 1. The molecule has 1 heterocycles. The van der Waals surface area contributed by atoms with Crippen LogP contribution in [0.1, 0.15) is 16.0 Å². The van der Waals surface area contributed by atoms with E-state index in [9.17, 15) is 0 Å².